The van der Waals surface area contributed by atoms with E-state index in [1.165, 1.54) is 0 Å². The number of likely N-dealkylation sites (tertiary alicyclic amines) is 1. The number of piperidine rings is 1. The summed E-state index contributed by atoms with van der Waals surface area (Å²) >= 11 is 0. The lowest BCUT2D eigenvalue weighted by Crippen LogP contribution is -2.40. The lowest BCUT2D eigenvalue weighted by Gasteiger charge is -2.30. The van der Waals surface area contributed by atoms with E-state index in [2.05, 4.69) is 6.92 Å². The fourth-order valence-corrected chi connectivity index (χ4v) is 5.40. The SMILES string of the molecule is CC1CCN(C(=O)Cn2c(C3CC(=O)N(c4ccc5c(c4)OCCO5)C3)nc3ccccc32)CC1. The van der Waals surface area contributed by atoms with Gasteiger partial charge in [0, 0.05) is 43.7 Å². The zero-order valence-electron chi connectivity index (χ0n) is 20.0. The van der Waals surface area contributed by atoms with Gasteiger partial charge in [0.05, 0.1) is 11.0 Å². The largest absolute Gasteiger partial charge is 0.486 e. The van der Waals surface area contributed by atoms with E-state index in [0.29, 0.717) is 43.6 Å². The van der Waals surface area contributed by atoms with Crippen LogP contribution in [0.5, 0.6) is 11.5 Å². The van der Waals surface area contributed by atoms with Gasteiger partial charge in [0.1, 0.15) is 25.6 Å². The Labute approximate surface area is 204 Å². The highest BCUT2D eigenvalue weighted by Gasteiger charge is 2.36. The van der Waals surface area contributed by atoms with Gasteiger partial charge in [0.2, 0.25) is 11.8 Å². The van der Waals surface area contributed by atoms with Crippen molar-refractivity contribution in [2.24, 2.45) is 5.92 Å². The molecule has 1 unspecified atom stereocenters. The van der Waals surface area contributed by atoms with Gasteiger partial charge in [-0.05, 0) is 43.0 Å². The molecule has 1 aromatic heterocycles. The molecule has 0 saturated carbocycles. The quantitative estimate of drug-likeness (QED) is 0.578. The second-order valence-corrected chi connectivity index (χ2v) is 9.84. The van der Waals surface area contributed by atoms with Crippen LogP contribution in [0, 0.1) is 5.92 Å². The Morgan fingerprint density at radius 1 is 1.06 bits per heavy atom. The minimum atomic E-state index is -0.0997. The Hall–Kier alpha value is -3.55. The van der Waals surface area contributed by atoms with Crippen LogP contribution in [0.2, 0.25) is 0 Å². The molecule has 0 aliphatic carbocycles. The molecule has 2 fully saturated rings. The van der Waals surface area contributed by atoms with Gasteiger partial charge >= 0.3 is 0 Å². The van der Waals surface area contributed by atoms with E-state index in [1.807, 2.05) is 51.9 Å². The zero-order valence-corrected chi connectivity index (χ0v) is 20.0. The summed E-state index contributed by atoms with van der Waals surface area (Å²) in [6, 6.07) is 13.5. The Morgan fingerprint density at radius 2 is 1.83 bits per heavy atom. The Morgan fingerprint density at radius 3 is 2.66 bits per heavy atom. The summed E-state index contributed by atoms with van der Waals surface area (Å²) in [7, 11) is 0. The fraction of sp³-hybridized carbons (Fsp3) is 0.444. The van der Waals surface area contributed by atoms with Gasteiger partial charge in [0.15, 0.2) is 11.5 Å². The van der Waals surface area contributed by atoms with Gasteiger partial charge < -0.3 is 23.8 Å². The Kier molecular flexibility index (Phi) is 5.59. The average Bonchev–Trinajstić information content (AvgIpc) is 3.44. The molecule has 2 amide bonds. The minimum Gasteiger partial charge on any atom is -0.486 e. The van der Waals surface area contributed by atoms with Gasteiger partial charge in [-0.1, -0.05) is 19.1 Å². The molecule has 2 aromatic carbocycles. The van der Waals surface area contributed by atoms with Gasteiger partial charge in [-0.3, -0.25) is 9.59 Å². The number of anilines is 1. The van der Waals surface area contributed by atoms with E-state index >= 15 is 0 Å². The highest BCUT2D eigenvalue weighted by molar-refractivity contribution is 5.97. The monoisotopic (exact) mass is 474 g/mol. The lowest BCUT2D eigenvalue weighted by molar-refractivity contribution is -0.133. The molecule has 4 heterocycles. The Bertz CT molecular complexity index is 1280. The number of imidazole rings is 1. The summed E-state index contributed by atoms with van der Waals surface area (Å²) in [5.74, 6) is 2.90. The molecule has 1 atom stereocenters. The molecule has 0 radical (unpaired) electrons. The molecule has 6 rings (SSSR count). The molecule has 35 heavy (non-hydrogen) atoms. The first kappa shape index (κ1) is 21.9. The van der Waals surface area contributed by atoms with E-state index in [9.17, 15) is 9.59 Å². The van der Waals surface area contributed by atoms with Crippen LogP contribution in [-0.2, 0) is 16.1 Å². The molecular weight excluding hydrogens is 444 g/mol. The number of carbonyl (C=O) groups is 2. The van der Waals surface area contributed by atoms with E-state index in [4.69, 9.17) is 14.5 Å². The summed E-state index contributed by atoms with van der Waals surface area (Å²) in [6.07, 6.45) is 2.45. The topological polar surface area (TPSA) is 76.9 Å². The van der Waals surface area contributed by atoms with E-state index < -0.39 is 0 Å². The highest BCUT2D eigenvalue weighted by Crippen LogP contribution is 2.38. The van der Waals surface area contributed by atoms with Crippen molar-refractivity contribution < 1.29 is 19.1 Å². The van der Waals surface area contributed by atoms with Crippen molar-refractivity contribution >= 4 is 28.5 Å². The van der Waals surface area contributed by atoms with Gasteiger partial charge in [-0.2, -0.15) is 0 Å². The highest BCUT2D eigenvalue weighted by atomic mass is 16.6. The van der Waals surface area contributed by atoms with Crippen molar-refractivity contribution in [2.75, 3.05) is 37.7 Å². The molecule has 3 aliphatic rings. The number of para-hydroxylation sites is 2. The maximum atomic E-state index is 13.2. The number of amides is 2. The first-order valence-corrected chi connectivity index (χ1v) is 12.5. The van der Waals surface area contributed by atoms with Crippen LogP contribution in [0.15, 0.2) is 42.5 Å². The normalized spacial score (nSPS) is 20.6. The van der Waals surface area contributed by atoms with Crippen molar-refractivity contribution in [1.29, 1.82) is 0 Å². The van der Waals surface area contributed by atoms with Crippen molar-refractivity contribution in [3.63, 3.8) is 0 Å². The molecule has 8 nitrogen and oxygen atoms in total. The fourth-order valence-electron chi connectivity index (χ4n) is 5.40. The van der Waals surface area contributed by atoms with E-state index in [1.54, 1.807) is 4.90 Å². The molecule has 0 bridgehead atoms. The smallest absolute Gasteiger partial charge is 0.242 e. The Balaban J connectivity index is 1.28. The van der Waals surface area contributed by atoms with Crippen LogP contribution in [0.4, 0.5) is 5.69 Å². The molecule has 0 N–H and O–H groups in total. The minimum absolute atomic E-state index is 0.0432. The first-order valence-electron chi connectivity index (χ1n) is 12.5. The second-order valence-electron chi connectivity index (χ2n) is 9.84. The van der Waals surface area contributed by atoms with Crippen molar-refractivity contribution in [3.05, 3.63) is 48.3 Å². The van der Waals surface area contributed by atoms with Crippen LogP contribution < -0.4 is 14.4 Å². The third-order valence-corrected chi connectivity index (χ3v) is 7.44. The van der Waals surface area contributed by atoms with Gasteiger partial charge in [-0.15, -0.1) is 0 Å². The molecule has 3 aliphatic heterocycles. The number of hydrogen-bond acceptors (Lipinski definition) is 5. The van der Waals surface area contributed by atoms with Gasteiger partial charge in [0.25, 0.3) is 0 Å². The van der Waals surface area contributed by atoms with Crippen molar-refractivity contribution in [1.82, 2.24) is 14.5 Å². The molecular formula is C27H30N4O4. The standard InChI is InChI=1S/C27H30N4O4/c1-18-8-10-29(11-9-18)26(33)17-31-22-5-3-2-4-21(22)28-27(31)19-14-25(32)30(16-19)20-6-7-23-24(15-20)35-13-12-34-23/h2-7,15,18-19H,8-14,16-17H2,1H3. The number of fused-ring (bicyclic) bond motifs is 2. The van der Waals surface area contributed by atoms with Crippen molar-refractivity contribution in [3.8, 4) is 11.5 Å². The number of rotatable bonds is 4. The maximum Gasteiger partial charge on any atom is 0.242 e. The van der Waals surface area contributed by atoms with Crippen molar-refractivity contribution in [2.45, 2.75) is 38.6 Å². The molecule has 182 valence electrons. The molecule has 2 saturated heterocycles. The summed E-state index contributed by atoms with van der Waals surface area (Å²) in [5.41, 5.74) is 2.59. The summed E-state index contributed by atoms with van der Waals surface area (Å²) in [6.45, 7) is 5.65. The molecule has 3 aromatic rings. The van der Waals surface area contributed by atoms with Crippen LogP contribution in [0.25, 0.3) is 11.0 Å². The first-order chi connectivity index (χ1) is 17.1. The summed E-state index contributed by atoms with van der Waals surface area (Å²) in [4.78, 5) is 35.0. The summed E-state index contributed by atoms with van der Waals surface area (Å²) in [5, 5.41) is 0. The predicted octanol–water partition coefficient (Wildman–Crippen LogP) is 3.59. The number of hydrogen-bond donors (Lipinski definition) is 0. The average molecular weight is 475 g/mol. The van der Waals surface area contributed by atoms with E-state index in [-0.39, 0.29) is 24.3 Å². The maximum absolute atomic E-state index is 13.2. The van der Waals surface area contributed by atoms with Crippen LogP contribution in [0.3, 0.4) is 0 Å². The van der Waals surface area contributed by atoms with Gasteiger partial charge in [-0.25, -0.2) is 4.98 Å². The van der Waals surface area contributed by atoms with Crippen LogP contribution >= 0.6 is 0 Å². The predicted molar refractivity (Wildman–Crippen MR) is 132 cm³/mol. The van der Waals surface area contributed by atoms with Crippen LogP contribution in [0.1, 0.15) is 37.9 Å². The third-order valence-electron chi connectivity index (χ3n) is 7.44. The molecule has 0 spiro atoms. The number of benzene rings is 2. The van der Waals surface area contributed by atoms with Crippen LogP contribution in [-0.4, -0.2) is 59.1 Å². The summed E-state index contributed by atoms with van der Waals surface area (Å²) < 4.78 is 13.4. The molecule has 8 heteroatoms. The zero-order chi connectivity index (χ0) is 23.9. The number of carbonyl (C=O) groups excluding carboxylic acids is 2. The lowest BCUT2D eigenvalue weighted by atomic mass is 9.99. The number of aromatic nitrogens is 2. The number of ether oxygens (including phenoxy) is 2. The van der Waals surface area contributed by atoms with E-state index in [0.717, 1.165) is 48.5 Å². The number of nitrogens with zero attached hydrogens (tertiary/aromatic N) is 4. The second kappa shape index (κ2) is 8.91. The third kappa shape index (κ3) is 4.11.